The zero-order valence-corrected chi connectivity index (χ0v) is 10.8. The zero-order valence-electron chi connectivity index (χ0n) is 10.8. The van der Waals surface area contributed by atoms with E-state index in [0.29, 0.717) is 6.42 Å². The number of nitrogens with zero attached hydrogens (tertiary/aromatic N) is 1. The van der Waals surface area contributed by atoms with Crippen molar-refractivity contribution in [3.8, 4) is 0 Å². The van der Waals surface area contributed by atoms with Gasteiger partial charge in [-0.1, -0.05) is 42.8 Å². The Morgan fingerprint density at radius 1 is 1.11 bits per heavy atom. The van der Waals surface area contributed by atoms with E-state index in [2.05, 4.69) is 4.90 Å². The summed E-state index contributed by atoms with van der Waals surface area (Å²) in [5.41, 5.74) is 1.09. The Bertz CT molecular complexity index is 391. The van der Waals surface area contributed by atoms with E-state index < -0.39 is 0 Å². The standard InChI is InChI=1S/C16H21NO/c18-16(10-9-15-7-3-1-4-8-15)11-14-17-12-5-2-6-13-17/h1,3-4,7-10H,2,5-6,11-14H2/b10-9+. The Kier molecular flexibility index (Phi) is 5.15. The highest BCUT2D eigenvalue weighted by Gasteiger charge is 2.10. The third kappa shape index (κ3) is 4.46. The number of likely N-dealkylation sites (tertiary alicyclic amines) is 1. The topological polar surface area (TPSA) is 20.3 Å². The summed E-state index contributed by atoms with van der Waals surface area (Å²) >= 11 is 0. The van der Waals surface area contributed by atoms with Crippen LogP contribution in [0.2, 0.25) is 0 Å². The Labute approximate surface area is 109 Å². The molecule has 2 rings (SSSR count). The van der Waals surface area contributed by atoms with Crippen LogP contribution in [0.1, 0.15) is 31.2 Å². The van der Waals surface area contributed by atoms with Gasteiger partial charge < -0.3 is 4.90 Å². The number of rotatable bonds is 5. The fourth-order valence-electron chi connectivity index (χ4n) is 2.29. The molecule has 1 aromatic rings. The fraction of sp³-hybridized carbons (Fsp3) is 0.438. The molecule has 0 bridgehead atoms. The molecule has 1 aromatic carbocycles. The molecule has 0 spiro atoms. The lowest BCUT2D eigenvalue weighted by atomic mass is 10.1. The summed E-state index contributed by atoms with van der Waals surface area (Å²) in [6.07, 6.45) is 8.17. The molecule has 1 heterocycles. The average Bonchev–Trinajstić information content (AvgIpc) is 2.45. The maximum absolute atomic E-state index is 11.7. The highest BCUT2D eigenvalue weighted by molar-refractivity contribution is 5.93. The molecular formula is C16H21NO. The first-order valence-corrected chi connectivity index (χ1v) is 6.83. The molecule has 0 saturated carbocycles. The van der Waals surface area contributed by atoms with Gasteiger partial charge in [0.1, 0.15) is 0 Å². The predicted molar refractivity (Wildman–Crippen MR) is 75.4 cm³/mol. The van der Waals surface area contributed by atoms with Gasteiger partial charge in [-0.05, 0) is 37.6 Å². The quantitative estimate of drug-likeness (QED) is 0.740. The molecule has 1 aliphatic heterocycles. The molecule has 1 saturated heterocycles. The third-order valence-electron chi connectivity index (χ3n) is 3.38. The van der Waals surface area contributed by atoms with E-state index in [1.165, 1.54) is 19.3 Å². The predicted octanol–water partition coefficient (Wildman–Crippen LogP) is 3.14. The number of ketones is 1. The molecule has 2 heteroatoms. The number of carbonyl (C=O) groups excluding carboxylic acids is 1. The second-order valence-corrected chi connectivity index (χ2v) is 4.86. The number of hydrogen-bond acceptors (Lipinski definition) is 2. The maximum atomic E-state index is 11.7. The van der Waals surface area contributed by atoms with Crippen LogP contribution in [0.3, 0.4) is 0 Å². The number of allylic oxidation sites excluding steroid dienone is 1. The largest absolute Gasteiger partial charge is 0.303 e. The van der Waals surface area contributed by atoms with Crippen molar-refractivity contribution in [1.82, 2.24) is 4.90 Å². The van der Waals surface area contributed by atoms with E-state index in [1.54, 1.807) is 6.08 Å². The molecule has 0 N–H and O–H groups in total. The fourth-order valence-corrected chi connectivity index (χ4v) is 2.29. The van der Waals surface area contributed by atoms with Crippen molar-refractivity contribution in [2.75, 3.05) is 19.6 Å². The summed E-state index contributed by atoms with van der Waals surface area (Å²) in [6, 6.07) is 9.97. The molecule has 0 atom stereocenters. The van der Waals surface area contributed by atoms with Gasteiger partial charge in [0, 0.05) is 13.0 Å². The first kappa shape index (κ1) is 13.0. The van der Waals surface area contributed by atoms with Gasteiger partial charge in [0.2, 0.25) is 0 Å². The summed E-state index contributed by atoms with van der Waals surface area (Å²) in [7, 11) is 0. The van der Waals surface area contributed by atoms with Crippen molar-refractivity contribution in [2.24, 2.45) is 0 Å². The van der Waals surface area contributed by atoms with Crippen molar-refractivity contribution in [3.63, 3.8) is 0 Å². The maximum Gasteiger partial charge on any atom is 0.156 e. The normalized spacial score (nSPS) is 17.1. The molecule has 2 nitrogen and oxygen atoms in total. The van der Waals surface area contributed by atoms with Crippen LogP contribution in [-0.4, -0.2) is 30.3 Å². The molecule has 1 fully saturated rings. The summed E-state index contributed by atoms with van der Waals surface area (Å²) in [4.78, 5) is 14.1. The summed E-state index contributed by atoms with van der Waals surface area (Å²) in [5.74, 6) is 0.226. The summed E-state index contributed by atoms with van der Waals surface area (Å²) < 4.78 is 0. The Hall–Kier alpha value is -1.41. The van der Waals surface area contributed by atoms with Crippen molar-refractivity contribution in [2.45, 2.75) is 25.7 Å². The molecule has 0 aliphatic carbocycles. The second kappa shape index (κ2) is 7.12. The van der Waals surface area contributed by atoms with Gasteiger partial charge in [0.05, 0.1) is 0 Å². The van der Waals surface area contributed by atoms with Crippen LogP contribution in [0, 0.1) is 0 Å². The van der Waals surface area contributed by atoms with Gasteiger partial charge in [-0.25, -0.2) is 0 Å². The Morgan fingerprint density at radius 2 is 1.83 bits per heavy atom. The van der Waals surface area contributed by atoms with E-state index in [9.17, 15) is 4.79 Å². The minimum Gasteiger partial charge on any atom is -0.303 e. The minimum absolute atomic E-state index is 0.226. The molecule has 0 amide bonds. The van der Waals surface area contributed by atoms with Crippen molar-refractivity contribution >= 4 is 11.9 Å². The molecule has 18 heavy (non-hydrogen) atoms. The van der Waals surface area contributed by atoms with Crippen LogP contribution >= 0.6 is 0 Å². The van der Waals surface area contributed by atoms with Gasteiger partial charge in [-0.15, -0.1) is 0 Å². The first-order valence-electron chi connectivity index (χ1n) is 6.83. The number of carbonyl (C=O) groups is 1. The van der Waals surface area contributed by atoms with Crippen molar-refractivity contribution in [1.29, 1.82) is 0 Å². The van der Waals surface area contributed by atoms with Gasteiger partial charge in [-0.3, -0.25) is 4.79 Å². The molecule has 0 radical (unpaired) electrons. The molecule has 96 valence electrons. The number of hydrogen-bond donors (Lipinski definition) is 0. The van der Waals surface area contributed by atoms with E-state index in [0.717, 1.165) is 25.2 Å². The van der Waals surface area contributed by atoms with Gasteiger partial charge >= 0.3 is 0 Å². The third-order valence-corrected chi connectivity index (χ3v) is 3.38. The lowest BCUT2D eigenvalue weighted by Crippen LogP contribution is -2.31. The monoisotopic (exact) mass is 243 g/mol. The van der Waals surface area contributed by atoms with Crippen LogP contribution in [-0.2, 0) is 4.79 Å². The van der Waals surface area contributed by atoms with Gasteiger partial charge in [0.15, 0.2) is 5.78 Å². The van der Waals surface area contributed by atoms with E-state index >= 15 is 0 Å². The zero-order chi connectivity index (χ0) is 12.6. The highest BCUT2D eigenvalue weighted by atomic mass is 16.1. The Morgan fingerprint density at radius 3 is 2.56 bits per heavy atom. The molecule has 0 unspecified atom stereocenters. The van der Waals surface area contributed by atoms with E-state index in [-0.39, 0.29) is 5.78 Å². The van der Waals surface area contributed by atoms with Gasteiger partial charge in [-0.2, -0.15) is 0 Å². The van der Waals surface area contributed by atoms with Crippen LogP contribution in [0.5, 0.6) is 0 Å². The highest BCUT2D eigenvalue weighted by Crippen LogP contribution is 2.09. The van der Waals surface area contributed by atoms with Gasteiger partial charge in [0.25, 0.3) is 0 Å². The molecular weight excluding hydrogens is 222 g/mol. The van der Waals surface area contributed by atoms with Crippen LogP contribution < -0.4 is 0 Å². The van der Waals surface area contributed by atoms with Crippen LogP contribution in [0.15, 0.2) is 36.4 Å². The molecule has 1 aliphatic rings. The van der Waals surface area contributed by atoms with E-state index in [1.807, 2.05) is 36.4 Å². The van der Waals surface area contributed by atoms with E-state index in [4.69, 9.17) is 0 Å². The van der Waals surface area contributed by atoms with Crippen molar-refractivity contribution in [3.05, 3.63) is 42.0 Å². The first-order chi connectivity index (χ1) is 8.84. The lowest BCUT2D eigenvalue weighted by Gasteiger charge is -2.25. The number of piperidine rings is 1. The summed E-state index contributed by atoms with van der Waals surface area (Å²) in [5, 5.41) is 0. The SMILES string of the molecule is O=C(/C=C/c1ccccc1)CCN1CCCCC1. The van der Waals surface area contributed by atoms with Crippen molar-refractivity contribution < 1.29 is 4.79 Å². The molecule has 0 aromatic heterocycles. The van der Waals surface area contributed by atoms with Crippen LogP contribution in [0.4, 0.5) is 0 Å². The average molecular weight is 243 g/mol. The second-order valence-electron chi connectivity index (χ2n) is 4.86. The minimum atomic E-state index is 0.226. The summed E-state index contributed by atoms with van der Waals surface area (Å²) in [6.45, 7) is 3.24. The van der Waals surface area contributed by atoms with Crippen LogP contribution in [0.25, 0.3) is 6.08 Å². The lowest BCUT2D eigenvalue weighted by molar-refractivity contribution is -0.114. The Balaban J connectivity index is 1.73. The number of benzene rings is 1. The smallest absolute Gasteiger partial charge is 0.156 e.